The van der Waals surface area contributed by atoms with Crippen molar-refractivity contribution in [2.75, 3.05) is 25.4 Å². The Bertz CT molecular complexity index is 315. The molecule has 1 rings (SSSR count). The van der Waals surface area contributed by atoms with Gasteiger partial charge in [-0.25, -0.2) is 0 Å². The number of aliphatic hydroxyl groups is 1. The van der Waals surface area contributed by atoms with Crippen molar-refractivity contribution < 1.29 is 5.11 Å². The van der Waals surface area contributed by atoms with Crippen molar-refractivity contribution in [1.82, 2.24) is 4.90 Å². The average molecular weight is 236 g/mol. The zero-order chi connectivity index (χ0) is 12.5. The normalized spacial score (nSPS) is 11.0. The lowest BCUT2D eigenvalue weighted by Gasteiger charge is -2.20. The maximum Gasteiger partial charge on any atom is 0.0431 e. The summed E-state index contributed by atoms with van der Waals surface area (Å²) in [5, 5.41) is 8.73. The molecule has 0 fully saturated rings. The molecule has 0 atom stereocenters. The number of nitrogen functional groups attached to an aromatic ring is 1. The highest BCUT2D eigenvalue weighted by Crippen LogP contribution is 2.10. The fraction of sp³-hybridized carbons (Fsp3) is 0.571. The molecule has 0 aromatic heterocycles. The maximum atomic E-state index is 8.73. The highest BCUT2D eigenvalue weighted by atomic mass is 16.2. The van der Waals surface area contributed by atoms with Gasteiger partial charge in [-0.1, -0.05) is 19.1 Å². The quantitative estimate of drug-likeness (QED) is 0.537. The van der Waals surface area contributed by atoms with Gasteiger partial charge in [0.15, 0.2) is 0 Å². The van der Waals surface area contributed by atoms with Gasteiger partial charge in [-0.2, -0.15) is 0 Å². The largest absolute Gasteiger partial charge is 0.399 e. The zero-order valence-corrected chi connectivity index (χ0v) is 10.7. The van der Waals surface area contributed by atoms with Crippen molar-refractivity contribution >= 4 is 5.69 Å². The van der Waals surface area contributed by atoms with Crippen LogP contribution >= 0.6 is 0 Å². The van der Waals surface area contributed by atoms with Crippen LogP contribution < -0.4 is 5.73 Å². The smallest absolute Gasteiger partial charge is 0.0431 e. The Hall–Kier alpha value is -1.06. The van der Waals surface area contributed by atoms with Gasteiger partial charge in [-0.3, -0.25) is 4.90 Å². The van der Waals surface area contributed by atoms with Gasteiger partial charge in [0.1, 0.15) is 0 Å². The minimum absolute atomic E-state index is 0.307. The van der Waals surface area contributed by atoms with Crippen LogP contribution in [0.2, 0.25) is 0 Å². The fourth-order valence-electron chi connectivity index (χ4n) is 1.92. The number of anilines is 1. The number of nitrogens with zero attached hydrogens (tertiary/aromatic N) is 1. The summed E-state index contributed by atoms with van der Waals surface area (Å²) in [5.41, 5.74) is 7.87. The first-order valence-corrected chi connectivity index (χ1v) is 6.44. The van der Waals surface area contributed by atoms with Crippen molar-refractivity contribution in [3.8, 4) is 0 Å². The van der Waals surface area contributed by atoms with Gasteiger partial charge in [0.25, 0.3) is 0 Å². The van der Waals surface area contributed by atoms with Crippen LogP contribution in [0, 0.1) is 0 Å². The van der Waals surface area contributed by atoms with Crippen LogP contribution in [-0.4, -0.2) is 29.7 Å². The van der Waals surface area contributed by atoms with Gasteiger partial charge in [0, 0.05) is 18.8 Å². The predicted octanol–water partition coefficient (Wildman–Crippen LogP) is 2.25. The van der Waals surface area contributed by atoms with E-state index in [1.165, 1.54) is 5.56 Å². The molecule has 0 radical (unpaired) electrons. The molecule has 1 aromatic rings. The molecule has 0 saturated carbocycles. The van der Waals surface area contributed by atoms with E-state index in [1.807, 2.05) is 18.2 Å². The van der Waals surface area contributed by atoms with E-state index in [0.29, 0.717) is 6.61 Å². The second-order valence-electron chi connectivity index (χ2n) is 4.40. The Morgan fingerprint density at radius 2 is 2.06 bits per heavy atom. The summed E-state index contributed by atoms with van der Waals surface area (Å²) in [7, 11) is 0. The molecule has 0 aliphatic rings. The van der Waals surface area contributed by atoms with Gasteiger partial charge < -0.3 is 10.8 Å². The number of rotatable bonds is 8. The SMILES string of the molecule is CCN(CCCCCO)Cc1cccc(N)c1. The van der Waals surface area contributed by atoms with Gasteiger partial charge in [-0.15, -0.1) is 0 Å². The Labute approximate surface area is 104 Å². The Balaban J connectivity index is 2.35. The zero-order valence-electron chi connectivity index (χ0n) is 10.7. The highest BCUT2D eigenvalue weighted by molar-refractivity contribution is 5.40. The fourth-order valence-corrected chi connectivity index (χ4v) is 1.92. The van der Waals surface area contributed by atoms with Crippen LogP contribution in [0.5, 0.6) is 0 Å². The lowest BCUT2D eigenvalue weighted by atomic mass is 10.1. The summed E-state index contributed by atoms with van der Waals surface area (Å²) in [6.07, 6.45) is 3.16. The summed E-state index contributed by atoms with van der Waals surface area (Å²) < 4.78 is 0. The topological polar surface area (TPSA) is 49.5 Å². The van der Waals surface area contributed by atoms with E-state index < -0.39 is 0 Å². The number of unbranched alkanes of at least 4 members (excludes halogenated alkanes) is 2. The second kappa shape index (κ2) is 8.09. The summed E-state index contributed by atoms with van der Waals surface area (Å²) in [6, 6.07) is 8.08. The molecule has 0 aliphatic heterocycles. The van der Waals surface area contributed by atoms with Crippen LogP contribution in [0.3, 0.4) is 0 Å². The highest BCUT2D eigenvalue weighted by Gasteiger charge is 2.03. The second-order valence-corrected chi connectivity index (χ2v) is 4.40. The third kappa shape index (κ3) is 5.71. The van der Waals surface area contributed by atoms with Gasteiger partial charge in [0.2, 0.25) is 0 Å². The number of benzene rings is 1. The van der Waals surface area contributed by atoms with Gasteiger partial charge in [0.05, 0.1) is 0 Å². The van der Waals surface area contributed by atoms with Crippen molar-refractivity contribution in [2.24, 2.45) is 0 Å². The average Bonchev–Trinajstić information content (AvgIpc) is 2.33. The summed E-state index contributed by atoms with van der Waals surface area (Å²) in [6.45, 7) is 5.58. The van der Waals surface area contributed by atoms with Crippen molar-refractivity contribution in [1.29, 1.82) is 0 Å². The summed E-state index contributed by atoms with van der Waals surface area (Å²) in [4.78, 5) is 2.41. The van der Waals surface area contributed by atoms with Gasteiger partial charge in [-0.05, 0) is 50.0 Å². The van der Waals surface area contributed by atoms with Crippen LogP contribution in [-0.2, 0) is 6.54 Å². The van der Waals surface area contributed by atoms with E-state index >= 15 is 0 Å². The molecule has 96 valence electrons. The molecule has 0 amide bonds. The molecule has 0 unspecified atom stereocenters. The van der Waals surface area contributed by atoms with E-state index in [0.717, 1.165) is 44.6 Å². The maximum absolute atomic E-state index is 8.73. The Morgan fingerprint density at radius 1 is 1.24 bits per heavy atom. The minimum atomic E-state index is 0.307. The number of hydrogen-bond acceptors (Lipinski definition) is 3. The third-order valence-corrected chi connectivity index (χ3v) is 2.94. The molecule has 3 N–H and O–H groups in total. The molecule has 17 heavy (non-hydrogen) atoms. The monoisotopic (exact) mass is 236 g/mol. The number of nitrogens with two attached hydrogens (primary N) is 1. The first kappa shape index (κ1) is 14.0. The van der Waals surface area contributed by atoms with E-state index in [-0.39, 0.29) is 0 Å². The van der Waals surface area contributed by atoms with E-state index in [9.17, 15) is 0 Å². The van der Waals surface area contributed by atoms with Crippen LogP contribution in [0.4, 0.5) is 5.69 Å². The van der Waals surface area contributed by atoms with E-state index in [2.05, 4.69) is 17.9 Å². The molecule has 0 heterocycles. The minimum Gasteiger partial charge on any atom is -0.399 e. The first-order valence-electron chi connectivity index (χ1n) is 6.44. The molecular formula is C14H24N2O. The molecular weight excluding hydrogens is 212 g/mol. The van der Waals surface area contributed by atoms with E-state index in [4.69, 9.17) is 10.8 Å². The third-order valence-electron chi connectivity index (χ3n) is 2.94. The molecule has 0 saturated heterocycles. The van der Waals surface area contributed by atoms with Crippen molar-refractivity contribution in [2.45, 2.75) is 32.7 Å². The van der Waals surface area contributed by atoms with Crippen LogP contribution in [0.25, 0.3) is 0 Å². The van der Waals surface area contributed by atoms with Gasteiger partial charge >= 0.3 is 0 Å². The first-order chi connectivity index (χ1) is 8.26. The summed E-state index contributed by atoms with van der Waals surface area (Å²) in [5.74, 6) is 0. The standard InChI is InChI=1S/C14H24N2O/c1-2-16(9-4-3-5-10-17)12-13-7-6-8-14(15)11-13/h6-8,11,17H,2-5,9-10,12,15H2,1H3. The molecule has 1 aromatic carbocycles. The van der Waals surface area contributed by atoms with Crippen LogP contribution in [0.1, 0.15) is 31.7 Å². The summed E-state index contributed by atoms with van der Waals surface area (Å²) >= 11 is 0. The molecule has 0 spiro atoms. The van der Waals surface area contributed by atoms with Crippen LogP contribution in [0.15, 0.2) is 24.3 Å². The lowest BCUT2D eigenvalue weighted by Crippen LogP contribution is -2.24. The van der Waals surface area contributed by atoms with E-state index in [1.54, 1.807) is 0 Å². The molecule has 0 bridgehead atoms. The molecule has 3 nitrogen and oxygen atoms in total. The van der Waals surface area contributed by atoms with Crippen molar-refractivity contribution in [3.05, 3.63) is 29.8 Å². The molecule has 3 heteroatoms. The molecule has 0 aliphatic carbocycles. The number of hydrogen-bond donors (Lipinski definition) is 2. The number of aliphatic hydroxyl groups excluding tert-OH is 1. The van der Waals surface area contributed by atoms with Crippen molar-refractivity contribution in [3.63, 3.8) is 0 Å². The Kier molecular flexibility index (Phi) is 6.67. The Morgan fingerprint density at radius 3 is 2.71 bits per heavy atom. The lowest BCUT2D eigenvalue weighted by molar-refractivity contribution is 0.255. The predicted molar refractivity (Wildman–Crippen MR) is 72.7 cm³/mol.